The molecule has 114 valence electrons. The van der Waals surface area contributed by atoms with Crippen LogP contribution >= 0.6 is 0 Å². The van der Waals surface area contributed by atoms with Gasteiger partial charge in [-0.15, -0.1) is 0 Å². The third kappa shape index (κ3) is 4.02. The van der Waals surface area contributed by atoms with Crippen molar-refractivity contribution in [3.63, 3.8) is 0 Å². The predicted molar refractivity (Wildman–Crippen MR) is 82.7 cm³/mol. The lowest BCUT2D eigenvalue weighted by atomic mass is 10.1. The van der Waals surface area contributed by atoms with Crippen LogP contribution in [-0.2, 0) is 0 Å². The van der Waals surface area contributed by atoms with Crippen LogP contribution in [0.2, 0.25) is 0 Å². The zero-order chi connectivity index (χ0) is 15.2. The van der Waals surface area contributed by atoms with Gasteiger partial charge in [0, 0.05) is 12.1 Å². The molecular formula is C17H23NO3. The summed E-state index contributed by atoms with van der Waals surface area (Å²) in [5.74, 6) is 3.12. The van der Waals surface area contributed by atoms with Crippen molar-refractivity contribution in [3.8, 4) is 11.5 Å². The molecule has 0 bridgehead atoms. The Labute approximate surface area is 125 Å². The highest BCUT2D eigenvalue weighted by molar-refractivity contribution is 5.33. The first-order chi connectivity index (χ1) is 10.1. The molecule has 21 heavy (non-hydrogen) atoms. The van der Waals surface area contributed by atoms with Gasteiger partial charge in [0.25, 0.3) is 0 Å². The van der Waals surface area contributed by atoms with Crippen molar-refractivity contribution in [2.45, 2.75) is 39.3 Å². The molecule has 0 aliphatic heterocycles. The SMILES string of the molecule is CCOc1cccc(OC(c2ccc(C)o2)C(N)CC)c1. The van der Waals surface area contributed by atoms with E-state index in [1.54, 1.807) is 0 Å². The summed E-state index contributed by atoms with van der Waals surface area (Å²) in [6.07, 6.45) is 0.496. The highest BCUT2D eigenvalue weighted by Gasteiger charge is 2.24. The highest BCUT2D eigenvalue weighted by Crippen LogP contribution is 2.29. The molecule has 2 atom stereocenters. The minimum Gasteiger partial charge on any atom is -0.494 e. The summed E-state index contributed by atoms with van der Waals surface area (Å²) in [7, 11) is 0. The van der Waals surface area contributed by atoms with Gasteiger partial charge < -0.3 is 19.6 Å². The fourth-order valence-electron chi connectivity index (χ4n) is 2.13. The quantitative estimate of drug-likeness (QED) is 0.841. The van der Waals surface area contributed by atoms with Crippen molar-refractivity contribution in [1.29, 1.82) is 0 Å². The molecule has 0 fully saturated rings. The average Bonchev–Trinajstić information content (AvgIpc) is 2.91. The first kappa shape index (κ1) is 15.4. The molecule has 1 aromatic heterocycles. The second-order valence-electron chi connectivity index (χ2n) is 4.97. The summed E-state index contributed by atoms with van der Waals surface area (Å²) in [4.78, 5) is 0. The maximum Gasteiger partial charge on any atom is 0.171 e. The molecule has 4 nitrogen and oxygen atoms in total. The van der Waals surface area contributed by atoms with Crippen LogP contribution in [-0.4, -0.2) is 12.6 Å². The molecule has 0 saturated heterocycles. The van der Waals surface area contributed by atoms with Crippen molar-refractivity contribution in [3.05, 3.63) is 47.9 Å². The van der Waals surface area contributed by atoms with Crippen LogP contribution in [0.5, 0.6) is 11.5 Å². The molecule has 1 aromatic carbocycles. The lowest BCUT2D eigenvalue weighted by Crippen LogP contribution is -2.31. The molecule has 0 aliphatic rings. The average molecular weight is 289 g/mol. The van der Waals surface area contributed by atoms with E-state index in [1.807, 2.05) is 57.2 Å². The number of rotatable bonds is 7. The Kier molecular flexibility index (Phi) is 5.28. The van der Waals surface area contributed by atoms with E-state index < -0.39 is 0 Å². The lowest BCUT2D eigenvalue weighted by Gasteiger charge is -2.22. The monoisotopic (exact) mass is 289 g/mol. The molecule has 0 saturated carbocycles. The Morgan fingerprint density at radius 2 is 1.90 bits per heavy atom. The topological polar surface area (TPSA) is 57.6 Å². The fraction of sp³-hybridized carbons (Fsp3) is 0.412. The summed E-state index contributed by atoms with van der Waals surface area (Å²) in [6, 6.07) is 11.3. The van der Waals surface area contributed by atoms with E-state index in [0.29, 0.717) is 6.61 Å². The maximum atomic E-state index is 6.19. The molecule has 1 heterocycles. The Morgan fingerprint density at radius 3 is 2.52 bits per heavy atom. The van der Waals surface area contributed by atoms with Gasteiger partial charge in [-0.1, -0.05) is 13.0 Å². The second kappa shape index (κ2) is 7.18. The standard InChI is InChI=1S/C17H23NO3/c1-4-15(18)17(16-10-9-12(3)20-16)21-14-8-6-7-13(11-14)19-5-2/h6-11,15,17H,4-5,18H2,1-3H3. The first-order valence-electron chi connectivity index (χ1n) is 7.35. The van der Waals surface area contributed by atoms with E-state index in [0.717, 1.165) is 29.4 Å². The number of nitrogens with two attached hydrogens (primary N) is 1. The van der Waals surface area contributed by atoms with Gasteiger partial charge >= 0.3 is 0 Å². The smallest absolute Gasteiger partial charge is 0.171 e. The van der Waals surface area contributed by atoms with Crippen molar-refractivity contribution in [1.82, 2.24) is 0 Å². The van der Waals surface area contributed by atoms with Gasteiger partial charge in [-0.05, 0) is 44.5 Å². The van der Waals surface area contributed by atoms with Crippen molar-refractivity contribution >= 4 is 0 Å². The summed E-state index contributed by atoms with van der Waals surface area (Å²) in [6.45, 7) is 6.52. The van der Waals surface area contributed by atoms with Crippen LogP contribution in [0.3, 0.4) is 0 Å². The minimum atomic E-state index is -0.305. The van der Waals surface area contributed by atoms with Gasteiger partial charge in [0.2, 0.25) is 0 Å². The summed E-state index contributed by atoms with van der Waals surface area (Å²) >= 11 is 0. The van der Waals surface area contributed by atoms with Crippen LogP contribution in [0.4, 0.5) is 0 Å². The number of ether oxygens (including phenoxy) is 2. The fourth-order valence-corrected chi connectivity index (χ4v) is 2.13. The van der Waals surface area contributed by atoms with Crippen LogP contribution in [0.25, 0.3) is 0 Å². The van der Waals surface area contributed by atoms with Crippen LogP contribution < -0.4 is 15.2 Å². The molecule has 2 unspecified atom stereocenters. The highest BCUT2D eigenvalue weighted by atomic mass is 16.5. The maximum absolute atomic E-state index is 6.19. The zero-order valence-corrected chi connectivity index (χ0v) is 12.8. The Hall–Kier alpha value is -1.94. The van der Waals surface area contributed by atoms with Crippen molar-refractivity contribution < 1.29 is 13.9 Å². The van der Waals surface area contributed by atoms with Crippen LogP contribution in [0.1, 0.15) is 37.9 Å². The molecule has 2 N–H and O–H groups in total. The van der Waals surface area contributed by atoms with E-state index in [9.17, 15) is 0 Å². The van der Waals surface area contributed by atoms with Crippen molar-refractivity contribution in [2.75, 3.05) is 6.61 Å². The molecular weight excluding hydrogens is 266 g/mol. The number of hydrogen-bond acceptors (Lipinski definition) is 4. The molecule has 0 radical (unpaired) electrons. The molecule has 0 spiro atoms. The number of benzene rings is 1. The summed E-state index contributed by atoms with van der Waals surface area (Å²) < 4.78 is 17.2. The van der Waals surface area contributed by atoms with Gasteiger partial charge in [-0.3, -0.25) is 0 Å². The third-order valence-electron chi connectivity index (χ3n) is 3.28. The predicted octanol–water partition coefficient (Wildman–Crippen LogP) is 3.84. The molecule has 4 heteroatoms. The van der Waals surface area contributed by atoms with Crippen LogP contribution in [0, 0.1) is 6.92 Å². The molecule has 0 amide bonds. The van der Waals surface area contributed by atoms with E-state index >= 15 is 0 Å². The first-order valence-corrected chi connectivity index (χ1v) is 7.35. The van der Waals surface area contributed by atoms with Gasteiger partial charge in [0.1, 0.15) is 23.0 Å². The third-order valence-corrected chi connectivity index (χ3v) is 3.28. The van der Waals surface area contributed by atoms with Gasteiger partial charge in [-0.2, -0.15) is 0 Å². The summed E-state index contributed by atoms with van der Waals surface area (Å²) in [5.41, 5.74) is 6.19. The van der Waals surface area contributed by atoms with E-state index in [-0.39, 0.29) is 12.1 Å². The van der Waals surface area contributed by atoms with Crippen molar-refractivity contribution in [2.24, 2.45) is 5.73 Å². The Morgan fingerprint density at radius 1 is 1.14 bits per heavy atom. The van der Waals surface area contributed by atoms with Gasteiger partial charge in [0.15, 0.2) is 6.10 Å². The van der Waals surface area contributed by atoms with Gasteiger partial charge in [-0.25, -0.2) is 0 Å². The van der Waals surface area contributed by atoms with Crippen LogP contribution in [0.15, 0.2) is 40.8 Å². The second-order valence-corrected chi connectivity index (χ2v) is 4.97. The molecule has 0 aliphatic carbocycles. The van der Waals surface area contributed by atoms with E-state index in [2.05, 4.69) is 0 Å². The molecule has 2 rings (SSSR count). The minimum absolute atomic E-state index is 0.133. The van der Waals surface area contributed by atoms with E-state index in [4.69, 9.17) is 19.6 Å². The summed E-state index contributed by atoms with van der Waals surface area (Å²) in [5, 5.41) is 0. The molecule has 2 aromatic rings. The van der Waals surface area contributed by atoms with Gasteiger partial charge in [0.05, 0.1) is 6.61 Å². The number of hydrogen-bond donors (Lipinski definition) is 1. The normalized spacial score (nSPS) is 13.7. The Bertz CT molecular complexity index is 565. The Balaban J connectivity index is 2.20. The number of aryl methyl sites for hydroxylation is 1. The van der Waals surface area contributed by atoms with E-state index in [1.165, 1.54) is 0 Å². The zero-order valence-electron chi connectivity index (χ0n) is 12.8. The number of furan rings is 1. The largest absolute Gasteiger partial charge is 0.494 e. The lowest BCUT2D eigenvalue weighted by molar-refractivity contribution is 0.143.